The average molecular weight is 838 g/mol. The molecule has 0 bridgehead atoms. The lowest BCUT2D eigenvalue weighted by atomic mass is 9.45. The Morgan fingerprint density at radius 2 is 1.67 bits per heavy atom. The number of nitrogens with one attached hydrogen (secondary N) is 2. The van der Waals surface area contributed by atoms with E-state index in [2.05, 4.69) is 15.6 Å². The van der Waals surface area contributed by atoms with Crippen molar-refractivity contribution in [1.29, 1.82) is 0 Å². The highest BCUT2D eigenvalue weighted by Crippen LogP contribution is 2.74. The summed E-state index contributed by atoms with van der Waals surface area (Å²) in [5.74, 6) is -3.62. The number of alkyl halides is 2. The molecule has 14 heteroatoms. The summed E-state index contributed by atoms with van der Waals surface area (Å²) < 4.78 is 53.6. The summed E-state index contributed by atoms with van der Waals surface area (Å²) in [6.45, 7) is 1.21. The van der Waals surface area contributed by atoms with Crippen LogP contribution in [0.2, 0.25) is 10.2 Å². The Bertz CT molecular complexity index is 2180. The van der Waals surface area contributed by atoms with Crippen molar-refractivity contribution in [2.24, 2.45) is 5.41 Å². The highest BCUT2D eigenvalue weighted by Gasteiger charge is 2.82. The number of anilines is 1. The number of fused-ring (bicyclic) bond motifs is 3. The molecule has 58 heavy (non-hydrogen) atoms. The van der Waals surface area contributed by atoms with Crippen LogP contribution in [-0.2, 0) is 19.7 Å². The van der Waals surface area contributed by atoms with E-state index in [9.17, 15) is 10.2 Å². The van der Waals surface area contributed by atoms with Crippen molar-refractivity contribution in [2.45, 2.75) is 92.3 Å². The molecule has 4 N–H and O–H groups in total. The van der Waals surface area contributed by atoms with Crippen LogP contribution in [0.5, 0.6) is 0 Å². The molecule has 4 heterocycles. The SMILES string of the molecule is CC(C)(O)[C@@H]1CC[C@@H](NC(=O)[C@H]2[C@H](c3ccnc(Cl)c3F)C3(C(=O)Nc4cc(Cl)ccc43)C3(CC(CF)(CF)C3)N2[C@H](c2ccccc2)[C@@H](O)c2ccccc2)CO1. The number of amides is 2. The maximum absolute atomic E-state index is 16.9. The summed E-state index contributed by atoms with van der Waals surface area (Å²) >= 11 is 12.9. The van der Waals surface area contributed by atoms with Crippen LogP contribution in [0, 0.1) is 11.2 Å². The predicted molar refractivity (Wildman–Crippen MR) is 213 cm³/mol. The van der Waals surface area contributed by atoms with Gasteiger partial charge in [-0.25, -0.2) is 9.37 Å². The summed E-state index contributed by atoms with van der Waals surface area (Å²) in [4.78, 5) is 36.7. The maximum Gasteiger partial charge on any atom is 0.238 e. The molecule has 1 unspecified atom stereocenters. The largest absolute Gasteiger partial charge is 0.388 e. The van der Waals surface area contributed by atoms with Crippen molar-refractivity contribution in [3.05, 3.63) is 129 Å². The second-order valence-corrected chi connectivity index (χ2v) is 17.7. The lowest BCUT2D eigenvalue weighted by Gasteiger charge is -2.63. The van der Waals surface area contributed by atoms with Crippen molar-refractivity contribution in [3.63, 3.8) is 0 Å². The molecule has 7 atom stereocenters. The predicted octanol–water partition coefficient (Wildman–Crippen LogP) is 7.55. The number of hydrogen-bond acceptors (Lipinski definition) is 7. The molecule has 3 aliphatic heterocycles. The number of aliphatic hydroxyl groups excluding tert-OH is 1. The molecule has 1 aromatic heterocycles. The van der Waals surface area contributed by atoms with Crippen LogP contribution in [-0.4, -0.2) is 81.2 Å². The minimum Gasteiger partial charge on any atom is -0.388 e. The summed E-state index contributed by atoms with van der Waals surface area (Å²) in [5, 5.41) is 29.3. The van der Waals surface area contributed by atoms with Crippen molar-refractivity contribution in [2.75, 3.05) is 25.3 Å². The van der Waals surface area contributed by atoms with Crippen LogP contribution in [0.1, 0.15) is 79.8 Å². The molecule has 3 fully saturated rings. The lowest BCUT2D eigenvalue weighted by Crippen LogP contribution is -2.72. The molecule has 1 saturated carbocycles. The van der Waals surface area contributed by atoms with Gasteiger partial charge in [-0.15, -0.1) is 0 Å². The molecule has 2 spiro atoms. The number of carbonyl (C=O) groups excluding carboxylic acids is 2. The molecular weight excluding hydrogens is 792 g/mol. The van der Waals surface area contributed by atoms with Gasteiger partial charge >= 0.3 is 0 Å². The van der Waals surface area contributed by atoms with E-state index in [1.54, 1.807) is 97.6 Å². The number of aliphatic hydroxyl groups is 2. The number of likely N-dealkylation sites (tertiary alicyclic amines) is 1. The first-order valence-corrected chi connectivity index (χ1v) is 20.2. The minimum absolute atomic E-state index is 0.0485. The minimum atomic E-state index is -1.91. The fourth-order valence-corrected chi connectivity index (χ4v) is 10.9. The van der Waals surface area contributed by atoms with Gasteiger partial charge in [0.2, 0.25) is 11.8 Å². The summed E-state index contributed by atoms with van der Waals surface area (Å²) in [6.07, 6.45) is -0.270. The number of benzene rings is 3. The smallest absolute Gasteiger partial charge is 0.238 e. The number of pyridine rings is 1. The van der Waals surface area contributed by atoms with Crippen molar-refractivity contribution in [1.82, 2.24) is 15.2 Å². The number of hydrogen-bond donors (Lipinski definition) is 4. The van der Waals surface area contributed by atoms with Crippen molar-refractivity contribution >= 4 is 40.7 Å². The zero-order chi connectivity index (χ0) is 41.2. The van der Waals surface area contributed by atoms with Crippen molar-refractivity contribution in [3.8, 4) is 0 Å². The van der Waals surface area contributed by atoms with Crippen LogP contribution >= 0.6 is 23.2 Å². The van der Waals surface area contributed by atoms with Gasteiger partial charge in [0.25, 0.3) is 0 Å². The van der Waals surface area contributed by atoms with E-state index in [1.165, 1.54) is 12.3 Å². The van der Waals surface area contributed by atoms with Crippen LogP contribution < -0.4 is 10.6 Å². The molecule has 9 nitrogen and oxygen atoms in total. The first-order valence-electron chi connectivity index (χ1n) is 19.5. The molecule has 1 aliphatic carbocycles. The van der Waals surface area contributed by atoms with E-state index in [4.69, 9.17) is 27.9 Å². The molecule has 306 valence electrons. The Balaban J connectivity index is 1.43. The number of halogens is 5. The Morgan fingerprint density at radius 1 is 1.02 bits per heavy atom. The van der Waals surface area contributed by atoms with Gasteiger partial charge < -0.3 is 25.6 Å². The van der Waals surface area contributed by atoms with E-state index < -0.39 is 94.4 Å². The number of carbonyl (C=O) groups is 2. The van der Waals surface area contributed by atoms with E-state index in [0.29, 0.717) is 40.2 Å². The highest BCUT2D eigenvalue weighted by molar-refractivity contribution is 6.31. The van der Waals surface area contributed by atoms with Crippen LogP contribution in [0.15, 0.2) is 91.1 Å². The monoisotopic (exact) mass is 836 g/mol. The first-order chi connectivity index (χ1) is 27.7. The zero-order valence-electron chi connectivity index (χ0n) is 32.0. The number of ether oxygens (including phenoxy) is 1. The molecule has 4 aromatic rings. The quantitative estimate of drug-likeness (QED) is 0.122. The standard InChI is InChI=1S/C44H45Cl2F3N4O5/c1-41(2,57)32-16-14-28(20-58-32)51-39(55)36-33(29-17-18-50-38(46)34(29)49)44(30-15-13-27(45)19-31(30)52-40(44)56)43(21-42(22-43,23-47)24-48)53(36)35(25-9-5-3-6-10-25)37(54)26-11-7-4-8-12-26/h3-13,15,17-19,28,32-33,35-37,54,57H,14,16,20-24H2,1-2H3,(H,51,55)(H,52,56)/t28-,32+,33+,35-,36-,37+,44?/m1/s1. The topological polar surface area (TPSA) is 124 Å². The number of rotatable bonds is 10. The normalized spacial score (nSPS) is 27.2. The molecule has 2 saturated heterocycles. The van der Waals surface area contributed by atoms with Crippen LogP contribution in [0.25, 0.3) is 0 Å². The van der Waals surface area contributed by atoms with Gasteiger partial charge in [0.1, 0.15) is 5.41 Å². The third-order valence-corrected chi connectivity index (χ3v) is 13.5. The maximum atomic E-state index is 16.9. The van der Waals surface area contributed by atoms with Gasteiger partial charge in [-0.2, -0.15) is 0 Å². The van der Waals surface area contributed by atoms with Gasteiger partial charge in [-0.1, -0.05) is 89.9 Å². The molecular formula is C44H45Cl2F3N4O5. The summed E-state index contributed by atoms with van der Waals surface area (Å²) in [7, 11) is 0. The lowest BCUT2D eigenvalue weighted by molar-refractivity contribution is -0.166. The second-order valence-electron chi connectivity index (χ2n) is 16.9. The van der Waals surface area contributed by atoms with Gasteiger partial charge in [0.15, 0.2) is 11.0 Å². The van der Waals surface area contributed by atoms with E-state index in [0.717, 1.165) is 0 Å². The Kier molecular flexibility index (Phi) is 10.7. The third-order valence-electron chi connectivity index (χ3n) is 13.0. The van der Waals surface area contributed by atoms with E-state index in [1.807, 2.05) is 0 Å². The molecule has 8 rings (SSSR count). The van der Waals surface area contributed by atoms with Crippen LogP contribution in [0.4, 0.5) is 18.9 Å². The fourth-order valence-electron chi connectivity index (χ4n) is 10.6. The first kappa shape index (κ1) is 40.7. The highest BCUT2D eigenvalue weighted by atomic mass is 35.5. The van der Waals surface area contributed by atoms with E-state index >= 15 is 22.8 Å². The van der Waals surface area contributed by atoms with Crippen LogP contribution in [0.3, 0.4) is 0 Å². The molecule has 0 radical (unpaired) electrons. The van der Waals surface area contributed by atoms with Gasteiger partial charge in [-0.3, -0.25) is 23.3 Å². The van der Waals surface area contributed by atoms with Gasteiger partial charge in [0, 0.05) is 33.8 Å². The zero-order valence-corrected chi connectivity index (χ0v) is 33.5. The van der Waals surface area contributed by atoms with Crippen molar-refractivity contribution < 1.29 is 37.7 Å². The Morgan fingerprint density at radius 3 is 2.28 bits per heavy atom. The third kappa shape index (κ3) is 6.33. The number of aromatic nitrogens is 1. The number of nitrogens with zero attached hydrogens (tertiary/aromatic N) is 2. The summed E-state index contributed by atoms with van der Waals surface area (Å²) in [6, 6.07) is 20.7. The average Bonchev–Trinajstić information content (AvgIpc) is 3.63. The Hall–Kier alpha value is -4.04. The Labute approximate surface area is 344 Å². The molecule has 4 aliphatic rings. The fraction of sp³-hybridized carbons (Fsp3) is 0.432. The second kappa shape index (κ2) is 15.2. The van der Waals surface area contributed by atoms with Gasteiger partial charge in [0.05, 0.1) is 55.9 Å². The summed E-state index contributed by atoms with van der Waals surface area (Å²) in [5.41, 5.74) is -4.66. The van der Waals surface area contributed by atoms with E-state index in [-0.39, 0.29) is 25.0 Å². The molecule has 2 amide bonds. The van der Waals surface area contributed by atoms with Gasteiger partial charge in [-0.05, 0) is 80.0 Å². The molecule has 3 aromatic carbocycles.